The third-order valence-corrected chi connectivity index (χ3v) is 5.54. The van der Waals surface area contributed by atoms with Gasteiger partial charge in [0.15, 0.2) is 0 Å². The Bertz CT molecular complexity index is 844. The largest absolute Gasteiger partial charge is 0.304 e. The second-order valence-corrected chi connectivity index (χ2v) is 7.05. The minimum atomic E-state index is 0.750. The lowest BCUT2D eigenvalue weighted by atomic mass is 9.90. The number of hydrogen-bond donors (Lipinski definition) is 1. The number of carbonyl (C=O) groups is 1. The molecule has 1 aromatic carbocycles. The molecule has 2 aromatic heterocycles. The molecular weight excluding hydrogens is 328 g/mol. The van der Waals surface area contributed by atoms with Crippen LogP contribution in [-0.4, -0.2) is 16.5 Å². The quantitative estimate of drug-likeness (QED) is 0.425. The van der Waals surface area contributed by atoms with Crippen molar-refractivity contribution in [1.82, 2.24) is 10.2 Å². The number of aromatic amines is 1. The van der Waals surface area contributed by atoms with Crippen molar-refractivity contribution in [2.45, 2.75) is 48.0 Å². The van der Waals surface area contributed by atoms with Crippen LogP contribution in [0, 0.1) is 34.6 Å². The molecule has 0 atom stereocenters. The Morgan fingerprint density at radius 1 is 0.960 bits per heavy atom. The highest BCUT2D eigenvalue weighted by Gasteiger charge is 2.28. The molecule has 4 rings (SSSR count). The Balaban J connectivity index is 0.000000235. The fraction of sp³-hybridized carbons (Fsp3) is 0.333. The molecule has 25 heavy (non-hydrogen) atoms. The average molecular weight is 355 g/mol. The first kappa shape index (κ1) is 19.1. The van der Waals surface area contributed by atoms with Crippen LogP contribution in [0.15, 0.2) is 22.9 Å². The van der Waals surface area contributed by atoms with E-state index in [1.54, 1.807) is 11.3 Å². The maximum absolute atomic E-state index is 8.81. The summed E-state index contributed by atoms with van der Waals surface area (Å²) in [5, 5.41) is 11.7. The van der Waals surface area contributed by atoms with Crippen molar-refractivity contribution in [1.29, 1.82) is 0 Å². The van der Waals surface area contributed by atoms with Crippen molar-refractivity contribution in [3.63, 3.8) is 0 Å². The third-order valence-electron chi connectivity index (χ3n) is 4.91. The number of aromatic nitrogens is 2. The number of aryl methyl sites for hydroxylation is 1. The fourth-order valence-corrected chi connectivity index (χ4v) is 3.66. The number of carbonyl (C=O) groups excluding carboxylic acids is 1. The first-order chi connectivity index (χ1) is 11.9. The van der Waals surface area contributed by atoms with E-state index in [0.29, 0.717) is 0 Å². The molecule has 2 heterocycles. The van der Waals surface area contributed by atoms with E-state index in [9.17, 15) is 0 Å². The standard InChI is InChI=1S/C15H18N2.C4H4S.C2H4O/c1-7-8(2)10(4)14-12(9(7)3)6-13-11(5)16-17-15(13)14;1-2-4-5-3-1;1-2-3/h6H2,1-5H3,(H,16,17);1-4H;2H,1H3. The molecule has 1 aliphatic rings. The van der Waals surface area contributed by atoms with E-state index in [1.807, 2.05) is 22.9 Å². The zero-order chi connectivity index (χ0) is 18.6. The molecule has 0 fully saturated rings. The topological polar surface area (TPSA) is 45.8 Å². The molecule has 3 aromatic rings. The molecular formula is C21H26N2OS. The van der Waals surface area contributed by atoms with Gasteiger partial charge < -0.3 is 4.79 Å². The van der Waals surface area contributed by atoms with E-state index < -0.39 is 0 Å². The lowest BCUT2D eigenvalue weighted by Gasteiger charge is -2.15. The van der Waals surface area contributed by atoms with Gasteiger partial charge >= 0.3 is 0 Å². The maximum Gasteiger partial charge on any atom is 0.116 e. The van der Waals surface area contributed by atoms with Gasteiger partial charge in [0.05, 0.1) is 5.69 Å². The van der Waals surface area contributed by atoms with Crippen LogP contribution in [0.25, 0.3) is 11.3 Å². The van der Waals surface area contributed by atoms with Crippen LogP contribution in [0.5, 0.6) is 0 Å². The molecule has 132 valence electrons. The van der Waals surface area contributed by atoms with Gasteiger partial charge in [-0.05, 0) is 80.1 Å². The lowest BCUT2D eigenvalue weighted by molar-refractivity contribution is -0.106. The molecule has 0 bridgehead atoms. The molecule has 1 N–H and O–H groups in total. The summed E-state index contributed by atoms with van der Waals surface area (Å²) in [6.45, 7) is 12.5. The van der Waals surface area contributed by atoms with Crippen molar-refractivity contribution in [3.05, 3.63) is 62.0 Å². The van der Waals surface area contributed by atoms with Gasteiger partial charge in [-0.1, -0.05) is 12.1 Å². The second kappa shape index (κ2) is 8.26. The van der Waals surface area contributed by atoms with Crippen LogP contribution in [0.1, 0.15) is 46.0 Å². The smallest absolute Gasteiger partial charge is 0.116 e. The van der Waals surface area contributed by atoms with Gasteiger partial charge in [0, 0.05) is 23.2 Å². The molecule has 3 nitrogen and oxygen atoms in total. The Morgan fingerprint density at radius 3 is 2.04 bits per heavy atom. The summed E-state index contributed by atoms with van der Waals surface area (Å²) in [7, 11) is 0. The second-order valence-electron chi connectivity index (χ2n) is 6.23. The molecule has 0 radical (unpaired) electrons. The Morgan fingerprint density at radius 2 is 1.52 bits per heavy atom. The number of H-pyrrole nitrogens is 1. The minimum Gasteiger partial charge on any atom is -0.304 e. The highest BCUT2D eigenvalue weighted by atomic mass is 32.1. The van der Waals surface area contributed by atoms with Crippen LogP contribution >= 0.6 is 11.3 Å². The van der Waals surface area contributed by atoms with Crippen molar-refractivity contribution in [2.24, 2.45) is 0 Å². The Kier molecular flexibility index (Phi) is 6.32. The molecule has 0 amide bonds. The van der Waals surface area contributed by atoms with E-state index in [1.165, 1.54) is 57.3 Å². The summed E-state index contributed by atoms with van der Waals surface area (Å²) in [5.74, 6) is 0. The SMILES string of the molecule is CC=O.Cc1[nH]nc2c1Cc1c(C)c(C)c(C)c(C)c1-2.c1ccsc1. The summed E-state index contributed by atoms with van der Waals surface area (Å²) in [6.07, 6.45) is 1.79. The van der Waals surface area contributed by atoms with Gasteiger partial charge in [-0.15, -0.1) is 0 Å². The first-order valence-electron chi connectivity index (χ1n) is 8.44. The summed E-state index contributed by atoms with van der Waals surface area (Å²) in [6, 6.07) is 4.04. The predicted molar refractivity (Wildman–Crippen MR) is 107 cm³/mol. The number of benzene rings is 1. The Labute approximate surface area is 154 Å². The van der Waals surface area contributed by atoms with Crippen LogP contribution < -0.4 is 0 Å². The van der Waals surface area contributed by atoms with Crippen LogP contribution in [0.4, 0.5) is 0 Å². The number of nitrogens with zero attached hydrogens (tertiary/aromatic N) is 1. The maximum atomic E-state index is 8.81. The van der Waals surface area contributed by atoms with Crippen LogP contribution in [0.2, 0.25) is 0 Å². The van der Waals surface area contributed by atoms with E-state index in [-0.39, 0.29) is 0 Å². The van der Waals surface area contributed by atoms with Crippen molar-refractivity contribution in [2.75, 3.05) is 0 Å². The van der Waals surface area contributed by atoms with E-state index in [4.69, 9.17) is 4.79 Å². The zero-order valence-electron chi connectivity index (χ0n) is 15.9. The van der Waals surface area contributed by atoms with Crippen LogP contribution in [0.3, 0.4) is 0 Å². The monoisotopic (exact) mass is 354 g/mol. The van der Waals surface area contributed by atoms with Crippen LogP contribution in [-0.2, 0) is 11.2 Å². The van der Waals surface area contributed by atoms with Gasteiger partial charge in [-0.3, -0.25) is 5.10 Å². The molecule has 0 saturated heterocycles. The van der Waals surface area contributed by atoms with Gasteiger partial charge in [-0.2, -0.15) is 16.4 Å². The van der Waals surface area contributed by atoms with Gasteiger partial charge in [-0.25, -0.2) is 0 Å². The number of rotatable bonds is 0. The molecule has 4 heteroatoms. The molecule has 0 spiro atoms. The highest BCUT2D eigenvalue weighted by Crippen LogP contribution is 2.42. The zero-order valence-corrected chi connectivity index (χ0v) is 16.7. The summed E-state index contributed by atoms with van der Waals surface area (Å²) < 4.78 is 0. The number of thiophene rings is 1. The number of fused-ring (bicyclic) bond motifs is 3. The summed E-state index contributed by atoms with van der Waals surface area (Å²) in [5.41, 5.74) is 12.3. The van der Waals surface area contributed by atoms with Gasteiger partial charge in [0.1, 0.15) is 6.29 Å². The first-order valence-corrected chi connectivity index (χ1v) is 9.38. The minimum absolute atomic E-state index is 0.750. The number of nitrogens with one attached hydrogen (secondary N) is 1. The Hall–Kier alpha value is -2.20. The molecule has 0 saturated carbocycles. The summed E-state index contributed by atoms with van der Waals surface area (Å²) >= 11 is 1.71. The molecule has 0 aliphatic heterocycles. The predicted octanol–water partition coefficient (Wildman–Crippen LogP) is 5.48. The van der Waals surface area contributed by atoms with Crippen molar-refractivity contribution >= 4 is 17.6 Å². The molecule has 1 aliphatic carbocycles. The van der Waals surface area contributed by atoms with Crippen molar-refractivity contribution < 1.29 is 4.79 Å². The van der Waals surface area contributed by atoms with Gasteiger partial charge in [0.25, 0.3) is 0 Å². The normalized spacial score (nSPS) is 10.8. The van der Waals surface area contributed by atoms with E-state index in [2.05, 4.69) is 44.8 Å². The molecule has 0 unspecified atom stereocenters. The number of aldehydes is 1. The number of hydrogen-bond acceptors (Lipinski definition) is 3. The van der Waals surface area contributed by atoms with E-state index >= 15 is 0 Å². The highest BCUT2D eigenvalue weighted by molar-refractivity contribution is 7.07. The van der Waals surface area contributed by atoms with Gasteiger partial charge in [0.2, 0.25) is 0 Å². The summed E-state index contributed by atoms with van der Waals surface area (Å²) in [4.78, 5) is 8.81. The lowest BCUT2D eigenvalue weighted by Crippen LogP contribution is -1.99. The van der Waals surface area contributed by atoms with Crippen molar-refractivity contribution in [3.8, 4) is 11.3 Å². The fourth-order valence-electron chi connectivity index (χ4n) is 3.21. The van der Waals surface area contributed by atoms with E-state index in [0.717, 1.165) is 12.7 Å². The third kappa shape index (κ3) is 3.74. The average Bonchev–Trinajstić information content (AvgIpc) is 3.32.